The zero-order valence-electron chi connectivity index (χ0n) is 10.2. The van der Waals surface area contributed by atoms with Gasteiger partial charge < -0.3 is 10.2 Å². The molecule has 18 heavy (non-hydrogen) atoms. The second-order valence-electron chi connectivity index (χ2n) is 5.12. The molecule has 0 aromatic heterocycles. The third-order valence-corrected chi connectivity index (χ3v) is 4.04. The molecule has 0 saturated carbocycles. The summed E-state index contributed by atoms with van der Waals surface area (Å²) in [6, 6.07) is 6.32. The lowest BCUT2D eigenvalue weighted by Gasteiger charge is -2.32. The summed E-state index contributed by atoms with van der Waals surface area (Å²) < 4.78 is 13.2. The van der Waals surface area contributed by atoms with E-state index < -0.39 is 0 Å². The molecule has 3 rings (SSSR count). The molecular weight excluding hydrogens is 231 g/mol. The maximum Gasteiger partial charge on any atom is 0.254 e. The van der Waals surface area contributed by atoms with Crippen LogP contribution >= 0.6 is 0 Å². The van der Waals surface area contributed by atoms with Gasteiger partial charge in [0.15, 0.2) is 0 Å². The second kappa shape index (κ2) is 4.69. The Bertz CT molecular complexity index is 463. The third kappa shape index (κ3) is 2.01. The van der Waals surface area contributed by atoms with Crippen molar-refractivity contribution in [3.8, 4) is 0 Å². The first-order valence-electron chi connectivity index (χ1n) is 6.53. The first kappa shape index (κ1) is 11.7. The normalized spacial score (nSPS) is 27.1. The smallest absolute Gasteiger partial charge is 0.254 e. The van der Waals surface area contributed by atoms with Gasteiger partial charge in [-0.3, -0.25) is 4.79 Å². The molecule has 2 aliphatic rings. The van der Waals surface area contributed by atoms with Crippen molar-refractivity contribution in [2.75, 3.05) is 19.6 Å². The molecule has 1 N–H and O–H groups in total. The van der Waals surface area contributed by atoms with Gasteiger partial charge in [-0.25, -0.2) is 4.39 Å². The van der Waals surface area contributed by atoms with Crippen molar-refractivity contribution in [1.29, 1.82) is 0 Å². The summed E-state index contributed by atoms with van der Waals surface area (Å²) in [7, 11) is 0. The zero-order valence-corrected chi connectivity index (χ0v) is 10.2. The van der Waals surface area contributed by atoms with Gasteiger partial charge in [0.05, 0.1) is 0 Å². The van der Waals surface area contributed by atoms with E-state index >= 15 is 0 Å². The number of fused-ring (bicyclic) bond motifs is 1. The summed E-state index contributed by atoms with van der Waals surface area (Å²) in [6.45, 7) is 2.76. The van der Waals surface area contributed by atoms with E-state index in [9.17, 15) is 9.18 Å². The van der Waals surface area contributed by atoms with E-state index in [4.69, 9.17) is 0 Å². The molecule has 0 bridgehead atoms. The van der Waals surface area contributed by atoms with Crippen LogP contribution in [-0.2, 0) is 0 Å². The summed E-state index contributed by atoms with van der Waals surface area (Å²) in [6.07, 6.45) is 2.06. The summed E-state index contributed by atoms with van der Waals surface area (Å²) in [5, 5.41) is 3.37. The number of nitrogens with zero attached hydrogens (tertiary/aromatic N) is 1. The lowest BCUT2D eigenvalue weighted by molar-refractivity contribution is 0.0697. The van der Waals surface area contributed by atoms with Gasteiger partial charge in [0.2, 0.25) is 0 Å². The van der Waals surface area contributed by atoms with E-state index in [-0.39, 0.29) is 11.7 Å². The molecule has 1 amide bonds. The number of rotatable bonds is 1. The molecule has 2 fully saturated rings. The van der Waals surface area contributed by atoms with Gasteiger partial charge in [0, 0.05) is 18.2 Å². The van der Waals surface area contributed by atoms with Gasteiger partial charge in [-0.2, -0.15) is 0 Å². The maximum absolute atomic E-state index is 13.2. The predicted octanol–water partition coefficient (Wildman–Crippen LogP) is 1.65. The second-order valence-corrected chi connectivity index (χ2v) is 5.12. The van der Waals surface area contributed by atoms with Crippen molar-refractivity contribution in [3.05, 3.63) is 35.6 Å². The highest BCUT2D eigenvalue weighted by atomic mass is 19.1. The largest absolute Gasteiger partial charge is 0.335 e. The Morgan fingerprint density at radius 3 is 3.11 bits per heavy atom. The van der Waals surface area contributed by atoms with Crippen LogP contribution in [0.25, 0.3) is 0 Å². The molecule has 96 valence electrons. The van der Waals surface area contributed by atoms with E-state index in [1.807, 2.05) is 4.90 Å². The van der Waals surface area contributed by atoms with Crippen LogP contribution in [0.5, 0.6) is 0 Å². The van der Waals surface area contributed by atoms with E-state index in [1.165, 1.54) is 12.1 Å². The Morgan fingerprint density at radius 2 is 2.28 bits per heavy atom. The molecule has 0 aliphatic carbocycles. The fourth-order valence-electron chi connectivity index (χ4n) is 3.12. The number of benzene rings is 1. The van der Waals surface area contributed by atoms with Crippen LogP contribution in [0.15, 0.2) is 24.3 Å². The number of carbonyl (C=O) groups is 1. The van der Waals surface area contributed by atoms with Crippen molar-refractivity contribution in [2.45, 2.75) is 18.9 Å². The van der Waals surface area contributed by atoms with Crippen molar-refractivity contribution in [1.82, 2.24) is 10.2 Å². The van der Waals surface area contributed by atoms with Crippen LogP contribution in [0.1, 0.15) is 23.2 Å². The fraction of sp³-hybridized carbons (Fsp3) is 0.500. The molecule has 1 aromatic carbocycles. The molecule has 4 heteroatoms. The van der Waals surface area contributed by atoms with E-state index in [0.717, 1.165) is 32.5 Å². The van der Waals surface area contributed by atoms with Crippen LogP contribution in [0.3, 0.4) is 0 Å². The molecule has 2 saturated heterocycles. The van der Waals surface area contributed by atoms with Crippen molar-refractivity contribution in [3.63, 3.8) is 0 Å². The summed E-state index contributed by atoms with van der Waals surface area (Å²) in [4.78, 5) is 14.3. The Kier molecular flexibility index (Phi) is 3.04. The van der Waals surface area contributed by atoms with Gasteiger partial charge in [0.1, 0.15) is 5.82 Å². The summed E-state index contributed by atoms with van der Waals surface area (Å²) in [5.74, 6) is 0.196. The van der Waals surface area contributed by atoms with E-state index in [2.05, 4.69) is 5.32 Å². The summed E-state index contributed by atoms with van der Waals surface area (Å²) in [5.41, 5.74) is 0.467. The number of piperidine rings is 1. The Hall–Kier alpha value is -1.42. The Morgan fingerprint density at radius 1 is 1.39 bits per heavy atom. The number of halogens is 1. The number of carbonyl (C=O) groups excluding carboxylic acids is 1. The standard InChI is InChI=1S/C14H17FN2O/c15-12-3-1-2-10(8-12)14(18)17-7-5-11-9-16-6-4-13(11)17/h1-3,8,11,13,16H,4-7,9H2/t11-,13-/m0/s1. The van der Waals surface area contributed by atoms with Crippen LogP contribution < -0.4 is 5.32 Å². The maximum atomic E-state index is 13.2. The highest BCUT2D eigenvalue weighted by molar-refractivity contribution is 5.94. The lowest BCUT2D eigenvalue weighted by Crippen LogP contribution is -2.45. The van der Waals surface area contributed by atoms with Gasteiger partial charge in [-0.05, 0) is 50.0 Å². The van der Waals surface area contributed by atoms with Crippen LogP contribution in [0, 0.1) is 11.7 Å². The highest BCUT2D eigenvalue weighted by Crippen LogP contribution is 2.29. The monoisotopic (exact) mass is 248 g/mol. The van der Waals surface area contributed by atoms with Crippen molar-refractivity contribution >= 4 is 5.91 Å². The SMILES string of the molecule is O=C(c1cccc(F)c1)N1CC[C@H]2CNCC[C@@H]21. The predicted molar refractivity (Wildman–Crippen MR) is 66.8 cm³/mol. The van der Waals surface area contributed by atoms with Gasteiger partial charge >= 0.3 is 0 Å². The molecule has 2 atom stereocenters. The molecular formula is C14H17FN2O. The minimum absolute atomic E-state index is 0.0242. The molecule has 0 unspecified atom stereocenters. The zero-order chi connectivity index (χ0) is 12.5. The molecule has 0 spiro atoms. The van der Waals surface area contributed by atoms with Crippen LogP contribution in [0.4, 0.5) is 4.39 Å². The number of amides is 1. The lowest BCUT2D eigenvalue weighted by atomic mass is 9.94. The molecule has 1 aromatic rings. The average molecular weight is 248 g/mol. The Labute approximate surface area is 106 Å². The number of hydrogen-bond donors (Lipinski definition) is 1. The van der Waals surface area contributed by atoms with Gasteiger partial charge in [-0.15, -0.1) is 0 Å². The molecule has 2 aliphatic heterocycles. The average Bonchev–Trinajstić information content (AvgIpc) is 2.82. The highest BCUT2D eigenvalue weighted by Gasteiger charge is 2.38. The Balaban J connectivity index is 1.80. The van der Waals surface area contributed by atoms with Crippen molar-refractivity contribution < 1.29 is 9.18 Å². The van der Waals surface area contributed by atoms with Crippen LogP contribution in [0.2, 0.25) is 0 Å². The number of likely N-dealkylation sites (tertiary alicyclic amines) is 1. The minimum atomic E-state index is -0.345. The molecule has 0 radical (unpaired) electrons. The number of hydrogen-bond acceptors (Lipinski definition) is 2. The molecule has 3 nitrogen and oxygen atoms in total. The number of nitrogens with one attached hydrogen (secondary N) is 1. The quantitative estimate of drug-likeness (QED) is 0.819. The fourth-order valence-corrected chi connectivity index (χ4v) is 3.12. The van der Waals surface area contributed by atoms with E-state index in [0.29, 0.717) is 17.5 Å². The topological polar surface area (TPSA) is 32.3 Å². The van der Waals surface area contributed by atoms with Crippen molar-refractivity contribution in [2.24, 2.45) is 5.92 Å². The van der Waals surface area contributed by atoms with Gasteiger partial charge in [0.25, 0.3) is 5.91 Å². The first-order chi connectivity index (χ1) is 8.75. The third-order valence-electron chi connectivity index (χ3n) is 4.04. The first-order valence-corrected chi connectivity index (χ1v) is 6.53. The van der Waals surface area contributed by atoms with E-state index in [1.54, 1.807) is 12.1 Å². The molecule has 2 heterocycles. The minimum Gasteiger partial charge on any atom is -0.335 e. The van der Waals surface area contributed by atoms with Crippen LogP contribution in [-0.4, -0.2) is 36.5 Å². The summed E-state index contributed by atoms with van der Waals surface area (Å²) >= 11 is 0. The van der Waals surface area contributed by atoms with Gasteiger partial charge in [-0.1, -0.05) is 6.07 Å².